The largest absolute Gasteiger partial charge is 0.465 e. The van der Waals surface area contributed by atoms with E-state index in [1.165, 1.54) is 6.07 Å². The molecule has 2 atom stereocenters. The third kappa shape index (κ3) is 3.55. The normalized spacial score (nSPS) is 19.9. The van der Waals surface area contributed by atoms with Gasteiger partial charge in [0.2, 0.25) is 5.95 Å². The molecule has 0 aliphatic carbocycles. The van der Waals surface area contributed by atoms with Gasteiger partial charge in [-0.3, -0.25) is 10.1 Å². The minimum absolute atomic E-state index is 0.0738. The fourth-order valence-corrected chi connectivity index (χ4v) is 3.47. The van der Waals surface area contributed by atoms with E-state index in [1.54, 1.807) is 29.5 Å². The molecule has 27 heavy (non-hydrogen) atoms. The van der Waals surface area contributed by atoms with E-state index >= 15 is 0 Å². The number of anilines is 1. The number of piperidine rings is 1. The lowest BCUT2D eigenvalue weighted by Crippen LogP contribution is -2.52. The fourth-order valence-electron chi connectivity index (χ4n) is 3.47. The van der Waals surface area contributed by atoms with Crippen LogP contribution in [0.1, 0.15) is 18.9 Å². The van der Waals surface area contributed by atoms with Crippen molar-refractivity contribution in [2.24, 2.45) is 7.05 Å². The standard InChI is InChI=1S/C17H20FN5O4/c1-9(2)12-5-15-13(6-14(12)23(26)27)20-16(21(15)3)22-7-10(18)4-11(8-22)19-17(24)25/h5-6,10-11,19H,1,4,7-8H2,2-3H3,(H,24,25)/t10-,11-/m1/s1. The molecule has 1 aliphatic rings. The second-order valence-electron chi connectivity index (χ2n) is 6.75. The maximum absolute atomic E-state index is 14.1. The zero-order chi connectivity index (χ0) is 19.9. The molecule has 0 unspecified atom stereocenters. The first-order valence-electron chi connectivity index (χ1n) is 8.36. The van der Waals surface area contributed by atoms with Crippen molar-refractivity contribution in [3.05, 3.63) is 34.4 Å². The third-order valence-electron chi connectivity index (χ3n) is 4.64. The summed E-state index contributed by atoms with van der Waals surface area (Å²) in [5.74, 6) is 0.428. The molecule has 10 heteroatoms. The molecule has 0 saturated carbocycles. The van der Waals surface area contributed by atoms with Gasteiger partial charge in [0, 0.05) is 26.1 Å². The van der Waals surface area contributed by atoms with Crippen LogP contribution >= 0.6 is 0 Å². The van der Waals surface area contributed by atoms with Crippen LogP contribution in [0.3, 0.4) is 0 Å². The van der Waals surface area contributed by atoms with Gasteiger partial charge in [0.15, 0.2) is 0 Å². The number of fused-ring (bicyclic) bond motifs is 1. The van der Waals surface area contributed by atoms with Crippen LogP contribution < -0.4 is 10.2 Å². The van der Waals surface area contributed by atoms with Crippen molar-refractivity contribution in [3.8, 4) is 0 Å². The predicted molar refractivity (Wildman–Crippen MR) is 98.8 cm³/mol. The highest BCUT2D eigenvalue weighted by molar-refractivity contribution is 5.87. The second kappa shape index (κ2) is 6.86. The van der Waals surface area contributed by atoms with Crippen LogP contribution in [-0.4, -0.2) is 51.0 Å². The summed E-state index contributed by atoms with van der Waals surface area (Å²) < 4.78 is 15.9. The van der Waals surface area contributed by atoms with Crippen molar-refractivity contribution in [2.75, 3.05) is 18.0 Å². The Kier molecular flexibility index (Phi) is 4.73. The first-order chi connectivity index (χ1) is 12.7. The third-order valence-corrected chi connectivity index (χ3v) is 4.64. The summed E-state index contributed by atoms with van der Waals surface area (Å²) in [6, 6.07) is 2.47. The Morgan fingerprint density at radius 2 is 2.19 bits per heavy atom. The molecule has 3 rings (SSSR count). The fraction of sp³-hybridized carbons (Fsp3) is 0.412. The number of aryl methyl sites for hydroxylation is 1. The Labute approximate surface area is 154 Å². The summed E-state index contributed by atoms with van der Waals surface area (Å²) in [7, 11) is 1.74. The van der Waals surface area contributed by atoms with Gasteiger partial charge in [0.25, 0.3) is 5.69 Å². The summed E-state index contributed by atoms with van der Waals surface area (Å²) >= 11 is 0. The summed E-state index contributed by atoms with van der Waals surface area (Å²) in [6.07, 6.45) is -2.32. The summed E-state index contributed by atoms with van der Waals surface area (Å²) in [4.78, 5) is 27.9. The Bertz CT molecular complexity index is 941. The Morgan fingerprint density at radius 1 is 1.48 bits per heavy atom. The summed E-state index contributed by atoms with van der Waals surface area (Å²) in [5.41, 5.74) is 1.94. The Hall–Kier alpha value is -3.17. The first kappa shape index (κ1) is 18.6. The van der Waals surface area contributed by atoms with Crippen molar-refractivity contribution < 1.29 is 19.2 Å². The van der Waals surface area contributed by atoms with Gasteiger partial charge < -0.3 is 19.9 Å². The molecule has 1 saturated heterocycles. The zero-order valence-electron chi connectivity index (χ0n) is 15.0. The highest BCUT2D eigenvalue weighted by Gasteiger charge is 2.31. The van der Waals surface area contributed by atoms with E-state index in [4.69, 9.17) is 5.11 Å². The van der Waals surface area contributed by atoms with Crippen LogP contribution in [0, 0.1) is 10.1 Å². The molecule has 1 aliphatic heterocycles. The number of hydrogen-bond donors (Lipinski definition) is 2. The Balaban J connectivity index is 2.04. The van der Waals surface area contributed by atoms with Gasteiger partial charge in [-0.15, -0.1) is 0 Å². The highest BCUT2D eigenvalue weighted by Crippen LogP contribution is 2.32. The molecule has 1 aromatic carbocycles. The van der Waals surface area contributed by atoms with Gasteiger partial charge in [-0.1, -0.05) is 6.58 Å². The average molecular weight is 377 g/mol. The number of aromatic nitrogens is 2. The van der Waals surface area contributed by atoms with Crippen molar-refractivity contribution >= 4 is 34.3 Å². The van der Waals surface area contributed by atoms with E-state index in [9.17, 15) is 19.3 Å². The van der Waals surface area contributed by atoms with E-state index in [1.807, 2.05) is 0 Å². The number of carboxylic acid groups (broad SMARTS) is 1. The van der Waals surface area contributed by atoms with E-state index in [0.717, 1.165) is 0 Å². The molecule has 1 aromatic heterocycles. The van der Waals surface area contributed by atoms with Crippen LogP contribution in [0.4, 0.5) is 20.8 Å². The lowest BCUT2D eigenvalue weighted by Gasteiger charge is -2.35. The lowest BCUT2D eigenvalue weighted by atomic mass is 10.0. The molecule has 1 amide bonds. The number of alkyl halides is 1. The van der Waals surface area contributed by atoms with Crippen LogP contribution in [-0.2, 0) is 7.05 Å². The second-order valence-corrected chi connectivity index (χ2v) is 6.75. The number of nitro benzene ring substituents is 1. The van der Waals surface area contributed by atoms with Gasteiger partial charge in [-0.2, -0.15) is 0 Å². The van der Waals surface area contributed by atoms with Gasteiger partial charge >= 0.3 is 6.09 Å². The van der Waals surface area contributed by atoms with Gasteiger partial charge in [-0.05, 0) is 18.6 Å². The molecule has 2 N–H and O–H groups in total. The molecule has 2 aromatic rings. The lowest BCUT2D eigenvalue weighted by molar-refractivity contribution is -0.385. The van der Waals surface area contributed by atoms with Crippen molar-refractivity contribution in [2.45, 2.75) is 25.6 Å². The number of imidazole rings is 1. The van der Waals surface area contributed by atoms with Crippen LogP contribution in [0.25, 0.3) is 16.6 Å². The predicted octanol–water partition coefficient (Wildman–Crippen LogP) is 2.70. The van der Waals surface area contributed by atoms with Crippen LogP contribution in [0.15, 0.2) is 18.7 Å². The van der Waals surface area contributed by atoms with Crippen molar-refractivity contribution in [1.29, 1.82) is 0 Å². The molecule has 144 valence electrons. The molecule has 1 fully saturated rings. The number of amides is 1. The minimum Gasteiger partial charge on any atom is -0.465 e. The monoisotopic (exact) mass is 377 g/mol. The first-order valence-corrected chi connectivity index (χ1v) is 8.36. The quantitative estimate of drug-likeness (QED) is 0.626. The number of hydrogen-bond acceptors (Lipinski definition) is 5. The van der Waals surface area contributed by atoms with Crippen molar-refractivity contribution in [3.63, 3.8) is 0 Å². The van der Waals surface area contributed by atoms with Gasteiger partial charge in [-0.25, -0.2) is 14.2 Å². The molecule has 0 spiro atoms. The molecular weight excluding hydrogens is 357 g/mol. The SMILES string of the molecule is C=C(C)c1cc2c(cc1[N+](=O)[O-])nc(N1C[C@H](F)C[C@@H](NC(=O)O)C1)n2C. The zero-order valence-corrected chi connectivity index (χ0v) is 15.0. The van der Waals surface area contributed by atoms with E-state index in [2.05, 4.69) is 16.9 Å². The topological polar surface area (TPSA) is 114 Å². The molecule has 9 nitrogen and oxygen atoms in total. The van der Waals surface area contributed by atoms with Crippen LogP contribution in [0.5, 0.6) is 0 Å². The number of rotatable bonds is 4. The minimum atomic E-state index is -1.21. The molecule has 0 bridgehead atoms. The maximum Gasteiger partial charge on any atom is 0.404 e. The number of allylic oxidation sites excluding steroid dienone is 1. The van der Waals surface area contributed by atoms with E-state index in [-0.39, 0.29) is 25.2 Å². The number of benzene rings is 1. The summed E-state index contributed by atoms with van der Waals surface area (Å²) in [5, 5.41) is 22.6. The molecule has 0 radical (unpaired) electrons. The van der Waals surface area contributed by atoms with Crippen molar-refractivity contribution in [1.82, 2.24) is 14.9 Å². The van der Waals surface area contributed by atoms with E-state index in [0.29, 0.717) is 28.1 Å². The number of nitro groups is 1. The molecular formula is C17H20FN5O4. The average Bonchev–Trinajstić information content (AvgIpc) is 2.88. The number of nitrogens with zero attached hydrogens (tertiary/aromatic N) is 4. The number of halogens is 1. The maximum atomic E-state index is 14.1. The number of nitrogens with one attached hydrogen (secondary N) is 1. The van der Waals surface area contributed by atoms with Gasteiger partial charge in [0.1, 0.15) is 6.17 Å². The highest BCUT2D eigenvalue weighted by atomic mass is 19.1. The van der Waals surface area contributed by atoms with Crippen LogP contribution in [0.2, 0.25) is 0 Å². The number of carbonyl (C=O) groups is 1. The Morgan fingerprint density at radius 3 is 2.78 bits per heavy atom. The molecule has 2 heterocycles. The van der Waals surface area contributed by atoms with Gasteiger partial charge in [0.05, 0.1) is 34.1 Å². The summed E-state index contributed by atoms with van der Waals surface area (Å²) in [6.45, 7) is 5.81. The van der Waals surface area contributed by atoms with E-state index < -0.39 is 23.2 Å². The smallest absolute Gasteiger partial charge is 0.404 e.